The van der Waals surface area contributed by atoms with E-state index in [2.05, 4.69) is 11.7 Å². The number of aromatic nitrogens is 2. The van der Waals surface area contributed by atoms with Crippen molar-refractivity contribution < 1.29 is 9.90 Å². The number of aliphatic hydroxyl groups excluding tert-OH is 1. The molecule has 0 aliphatic heterocycles. The van der Waals surface area contributed by atoms with Crippen molar-refractivity contribution in [2.24, 2.45) is 0 Å². The Morgan fingerprint density at radius 2 is 2.14 bits per heavy atom. The standard InChI is InChI=1S/C16H18ClN3O2/c1-3-9-19(10-11-21)16(22)14-12(2)18-20(15(14)17)13-7-5-4-6-8-13/h3-8,21H,1,9-11H2,2H3. The molecule has 1 aromatic heterocycles. The zero-order valence-corrected chi connectivity index (χ0v) is 13.1. The van der Waals surface area contributed by atoms with E-state index in [1.54, 1.807) is 13.0 Å². The maximum Gasteiger partial charge on any atom is 0.259 e. The van der Waals surface area contributed by atoms with Crippen molar-refractivity contribution in [1.82, 2.24) is 14.7 Å². The van der Waals surface area contributed by atoms with Gasteiger partial charge in [-0.15, -0.1) is 6.58 Å². The summed E-state index contributed by atoms with van der Waals surface area (Å²) in [6.07, 6.45) is 1.61. The number of para-hydroxylation sites is 1. The van der Waals surface area contributed by atoms with Crippen LogP contribution < -0.4 is 0 Å². The lowest BCUT2D eigenvalue weighted by atomic mass is 10.2. The first-order valence-corrected chi connectivity index (χ1v) is 7.29. The molecule has 5 nitrogen and oxygen atoms in total. The molecule has 1 heterocycles. The van der Waals surface area contributed by atoms with Gasteiger partial charge in [-0.2, -0.15) is 5.10 Å². The third-order valence-electron chi connectivity index (χ3n) is 3.23. The van der Waals surface area contributed by atoms with Gasteiger partial charge < -0.3 is 10.0 Å². The molecule has 6 heteroatoms. The molecule has 0 saturated heterocycles. The number of rotatable bonds is 6. The molecule has 0 spiro atoms. The van der Waals surface area contributed by atoms with E-state index < -0.39 is 0 Å². The Bertz CT molecular complexity index is 668. The fourth-order valence-corrected chi connectivity index (χ4v) is 2.55. The van der Waals surface area contributed by atoms with Crippen LogP contribution in [-0.4, -0.2) is 45.4 Å². The lowest BCUT2D eigenvalue weighted by Gasteiger charge is -2.19. The van der Waals surface area contributed by atoms with E-state index in [0.29, 0.717) is 17.8 Å². The van der Waals surface area contributed by atoms with E-state index in [4.69, 9.17) is 16.7 Å². The number of aryl methyl sites for hydroxylation is 1. The maximum absolute atomic E-state index is 12.6. The molecule has 0 atom stereocenters. The third-order valence-corrected chi connectivity index (χ3v) is 3.57. The number of carbonyl (C=O) groups excluding carboxylic acids is 1. The van der Waals surface area contributed by atoms with E-state index >= 15 is 0 Å². The van der Waals surface area contributed by atoms with Gasteiger partial charge in [-0.05, 0) is 19.1 Å². The maximum atomic E-state index is 12.6. The highest BCUT2D eigenvalue weighted by Crippen LogP contribution is 2.24. The topological polar surface area (TPSA) is 58.4 Å². The molecule has 116 valence electrons. The van der Waals surface area contributed by atoms with Crippen LogP contribution in [0.3, 0.4) is 0 Å². The number of amides is 1. The van der Waals surface area contributed by atoms with Crippen LogP contribution in [0, 0.1) is 6.92 Å². The molecule has 0 fully saturated rings. The summed E-state index contributed by atoms with van der Waals surface area (Å²) in [4.78, 5) is 14.1. The molecule has 22 heavy (non-hydrogen) atoms. The minimum Gasteiger partial charge on any atom is -0.395 e. The summed E-state index contributed by atoms with van der Waals surface area (Å²) in [5.74, 6) is -0.265. The average molecular weight is 320 g/mol. The van der Waals surface area contributed by atoms with Crippen LogP contribution in [-0.2, 0) is 0 Å². The molecular weight excluding hydrogens is 302 g/mol. The first-order valence-electron chi connectivity index (χ1n) is 6.91. The second-order valence-corrected chi connectivity index (χ2v) is 5.12. The number of hydrogen-bond donors (Lipinski definition) is 1. The Kier molecular flexibility index (Phi) is 5.35. The molecule has 0 saturated carbocycles. The van der Waals surface area contributed by atoms with Crippen LogP contribution in [0.25, 0.3) is 5.69 Å². The third kappa shape index (κ3) is 3.21. The minimum absolute atomic E-state index is 0.122. The van der Waals surface area contributed by atoms with E-state index in [0.717, 1.165) is 5.69 Å². The Hall–Kier alpha value is -2.11. The molecule has 0 unspecified atom stereocenters. The van der Waals surface area contributed by atoms with Gasteiger partial charge >= 0.3 is 0 Å². The van der Waals surface area contributed by atoms with Crippen LogP contribution in [0.5, 0.6) is 0 Å². The first kappa shape index (κ1) is 16.3. The lowest BCUT2D eigenvalue weighted by molar-refractivity contribution is 0.0742. The van der Waals surface area contributed by atoms with Gasteiger partial charge in [0.15, 0.2) is 0 Å². The number of benzene rings is 1. The highest BCUT2D eigenvalue weighted by Gasteiger charge is 2.24. The SMILES string of the molecule is C=CCN(CCO)C(=O)c1c(C)nn(-c2ccccc2)c1Cl. The number of carbonyl (C=O) groups is 1. The van der Waals surface area contributed by atoms with Crippen molar-refractivity contribution in [2.75, 3.05) is 19.7 Å². The van der Waals surface area contributed by atoms with E-state index in [1.807, 2.05) is 30.3 Å². The minimum atomic E-state index is -0.265. The number of halogens is 1. The Morgan fingerprint density at radius 1 is 1.45 bits per heavy atom. The van der Waals surface area contributed by atoms with Gasteiger partial charge in [0.2, 0.25) is 0 Å². The highest BCUT2D eigenvalue weighted by molar-refractivity contribution is 6.33. The number of hydrogen-bond acceptors (Lipinski definition) is 3. The predicted molar refractivity (Wildman–Crippen MR) is 86.5 cm³/mol. The van der Waals surface area contributed by atoms with E-state index in [1.165, 1.54) is 9.58 Å². The zero-order chi connectivity index (χ0) is 16.1. The molecule has 1 aromatic carbocycles. The molecule has 0 bridgehead atoms. The van der Waals surface area contributed by atoms with Crippen LogP contribution in [0.2, 0.25) is 5.15 Å². The number of nitrogens with zero attached hydrogens (tertiary/aromatic N) is 3. The van der Waals surface area contributed by atoms with Crippen molar-refractivity contribution >= 4 is 17.5 Å². The zero-order valence-electron chi connectivity index (χ0n) is 12.4. The van der Waals surface area contributed by atoms with Crippen LogP contribution in [0.4, 0.5) is 0 Å². The molecule has 0 aliphatic rings. The van der Waals surface area contributed by atoms with Gasteiger partial charge in [0.05, 0.1) is 23.6 Å². The monoisotopic (exact) mass is 319 g/mol. The summed E-state index contributed by atoms with van der Waals surface area (Å²) in [5.41, 5.74) is 1.68. The summed E-state index contributed by atoms with van der Waals surface area (Å²) in [6, 6.07) is 9.37. The molecular formula is C16H18ClN3O2. The molecule has 2 aromatic rings. The summed E-state index contributed by atoms with van der Waals surface area (Å²) < 4.78 is 1.54. The second-order valence-electron chi connectivity index (χ2n) is 4.76. The molecule has 2 rings (SSSR count). The summed E-state index contributed by atoms with van der Waals surface area (Å²) in [7, 11) is 0. The fraction of sp³-hybridized carbons (Fsp3) is 0.250. The molecule has 0 radical (unpaired) electrons. The van der Waals surface area contributed by atoms with Crippen molar-refractivity contribution in [3.8, 4) is 5.69 Å². The van der Waals surface area contributed by atoms with Gasteiger partial charge in [-0.3, -0.25) is 4.79 Å². The van der Waals surface area contributed by atoms with Crippen LogP contribution >= 0.6 is 11.6 Å². The predicted octanol–water partition coefficient (Wildman–Crippen LogP) is 2.45. The Balaban J connectivity index is 2.42. The van der Waals surface area contributed by atoms with Crippen molar-refractivity contribution in [3.05, 3.63) is 59.4 Å². The first-order chi connectivity index (χ1) is 10.6. The van der Waals surface area contributed by atoms with Crippen molar-refractivity contribution in [1.29, 1.82) is 0 Å². The summed E-state index contributed by atoms with van der Waals surface area (Å²) in [6.45, 7) is 5.80. The molecule has 1 N–H and O–H groups in total. The average Bonchev–Trinajstić information content (AvgIpc) is 2.82. The normalized spacial score (nSPS) is 10.5. The van der Waals surface area contributed by atoms with Gasteiger partial charge in [-0.1, -0.05) is 35.9 Å². The van der Waals surface area contributed by atoms with Gasteiger partial charge in [0.25, 0.3) is 5.91 Å². The second kappa shape index (κ2) is 7.24. The number of aliphatic hydroxyl groups is 1. The lowest BCUT2D eigenvalue weighted by Crippen LogP contribution is -2.34. The smallest absolute Gasteiger partial charge is 0.259 e. The van der Waals surface area contributed by atoms with E-state index in [-0.39, 0.29) is 24.2 Å². The highest BCUT2D eigenvalue weighted by atomic mass is 35.5. The van der Waals surface area contributed by atoms with Gasteiger partial charge in [-0.25, -0.2) is 4.68 Å². The van der Waals surface area contributed by atoms with Gasteiger partial charge in [0.1, 0.15) is 5.15 Å². The van der Waals surface area contributed by atoms with Crippen molar-refractivity contribution in [3.63, 3.8) is 0 Å². The van der Waals surface area contributed by atoms with Gasteiger partial charge in [0, 0.05) is 13.1 Å². The molecule has 0 aliphatic carbocycles. The largest absolute Gasteiger partial charge is 0.395 e. The van der Waals surface area contributed by atoms with Crippen LogP contribution in [0.1, 0.15) is 16.1 Å². The Labute approximate surface area is 134 Å². The fourth-order valence-electron chi connectivity index (χ4n) is 2.19. The van der Waals surface area contributed by atoms with E-state index in [9.17, 15) is 4.79 Å². The summed E-state index contributed by atoms with van der Waals surface area (Å²) >= 11 is 6.37. The molecule has 1 amide bonds. The van der Waals surface area contributed by atoms with Crippen molar-refractivity contribution in [2.45, 2.75) is 6.92 Å². The van der Waals surface area contributed by atoms with Crippen LogP contribution in [0.15, 0.2) is 43.0 Å². The summed E-state index contributed by atoms with van der Waals surface area (Å²) in [5, 5.41) is 13.7. The quantitative estimate of drug-likeness (QED) is 0.832. The Morgan fingerprint density at radius 3 is 2.73 bits per heavy atom.